The molecule has 0 saturated carbocycles. The van der Waals surface area contributed by atoms with Crippen LogP contribution >= 0.6 is 0 Å². The number of hydrogen-bond donors (Lipinski definition) is 0. The second-order valence-corrected chi connectivity index (χ2v) is 5.57. The van der Waals surface area contributed by atoms with Crippen molar-refractivity contribution in [3.05, 3.63) is 30.1 Å². The summed E-state index contributed by atoms with van der Waals surface area (Å²) in [5, 5.41) is 0. The molecule has 0 aromatic carbocycles. The van der Waals surface area contributed by atoms with E-state index < -0.39 is 6.04 Å². The van der Waals surface area contributed by atoms with Crippen LogP contribution in [0.25, 0.3) is 0 Å². The second kappa shape index (κ2) is 4.89. The molecule has 20 heavy (non-hydrogen) atoms. The number of nitrogens with zero attached hydrogens (tertiary/aromatic N) is 3. The Balaban J connectivity index is 1.92. The number of piperazine rings is 1. The van der Waals surface area contributed by atoms with Gasteiger partial charge in [0.15, 0.2) is 0 Å². The summed E-state index contributed by atoms with van der Waals surface area (Å²) in [6.45, 7) is 4.50. The number of fused-ring (bicyclic) bond motifs is 1. The molecule has 5 nitrogen and oxygen atoms in total. The van der Waals surface area contributed by atoms with Crippen molar-refractivity contribution in [1.82, 2.24) is 14.8 Å². The normalized spacial score (nSPS) is 27.7. The quantitative estimate of drug-likeness (QED) is 0.817. The summed E-state index contributed by atoms with van der Waals surface area (Å²) in [4.78, 5) is 32.7. The third-order valence-electron chi connectivity index (χ3n) is 4.43. The van der Waals surface area contributed by atoms with Gasteiger partial charge in [0.1, 0.15) is 12.1 Å². The lowest BCUT2D eigenvalue weighted by molar-refractivity contribution is -0.161. The molecular formula is C15H19N3O2. The van der Waals surface area contributed by atoms with Crippen LogP contribution in [0.2, 0.25) is 0 Å². The number of hydrogen-bond acceptors (Lipinski definition) is 3. The van der Waals surface area contributed by atoms with Crippen LogP contribution < -0.4 is 0 Å². The van der Waals surface area contributed by atoms with E-state index in [1.54, 1.807) is 22.2 Å². The summed E-state index contributed by atoms with van der Waals surface area (Å²) in [5.74, 6) is 0.147. The average molecular weight is 273 g/mol. The van der Waals surface area contributed by atoms with Crippen molar-refractivity contribution < 1.29 is 9.59 Å². The number of rotatable bonds is 2. The van der Waals surface area contributed by atoms with Crippen LogP contribution in [-0.4, -0.2) is 45.2 Å². The first-order chi connectivity index (χ1) is 9.61. The molecule has 2 aliphatic rings. The summed E-state index contributed by atoms with van der Waals surface area (Å²) in [5.41, 5.74) is 0.965. The Morgan fingerprint density at radius 2 is 2.15 bits per heavy atom. The van der Waals surface area contributed by atoms with Crippen LogP contribution in [0.1, 0.15) is 38.3 Å². The van der Waals surface area contributed by atoms with Gasteiger partial charge in [0, 0.05) is 18.9 Å². The van der Waals surface area contributed by atoms with Crippen LogP contribution in [0.15, 0.2) is 24.5 Å². The zero-order chi connectivity index (χ0) is 14.3. The lowest BCUT2D eigenvalue weighted by Gasteiger charge is -2.43. The highest BCUT2D eigenvalue weighted by atomic mass is 16.2. The zero-order valence-corrected chi connectivity index (χ0v) is 11.8. The molecule has 0 spiro atoms. The molecule has 2 amide bonds. The third-order valence-corrected chi connectivity index (χ3v) is 4.43. The molecular weight excluding hydrogens is 254 g/mol. The maximum Gasteiger partial charge on any atom is 0.246 e. The van der Waals surface area contributed by atoms with Crippen molar-refractivity contribution in [2.45, 2.75) is 44.8 Å². The summed E-state index contributed by atoms with van der Waals surface area (Å²) < 4.78 is 0. The van der Waals surface area contributed by atoms with Crippen LogP contribution in [0, 0.1) is 0 Å². The van der Waals surface area contributed by atoms with Gasteiger partial charge in [-0.3, -0.25) is 14.6 Å². The Morgan fingerprint density at radius 3 is 2.85 bits per heavy atom. The molecule has 0 bridgehead atoms. The highest BCUT2D eigenvalue weighted by Gasteiger charge is 2.47. The molecule has 0 radical (unpaired) electrons. The van der Waals surface area contributed by atoms with Gasteiger partial charge in [0.2, 0.25) is 11.8 Å². The molecule has 1 aromatic rings. The summed E-state index contributed by atoms with van der Waals surface area (Å²) >= 11 is 0. The number of aromatic nitrogens is 1. The Hall–Kier alpha value is -1.91. The van der Waals surface area contributed by atoms with Crippen LogP contribution in [0.5, 0.6) is 0 Å². The van der Waals surface area contributed by atoms with Crippen molar-refractivity contribution in [3.63, 3.8) is 0 Å². The lowest BCUT2D eigenvalue weighted by Crippen LogP contribution is -2.62. The van der Waals surface area contributed by atoms with E-state index in [4.69, 9.17) is 0 Å². The Morgan fingerprint density at radius 1 is 1.35 bits per heavy atom. The molecule has 5 heteroatoms. The molecule has 3 unspecified atom stereocenters. The summed E-state index contributed by atoms with van der Waals surface area (Å²) in [6, 6.07) is 3.03. The topological polar surface area (TPSA) is 53.5 Å². The fraction of sp³-hybridized carbons (Fsp3) is 0.533. The number of carbonyl (C=O) groups is 2. The Kier molecular flexibility index (Phi) is 3.20. The zero-order valence-electron chi connectivity index (χ0n) is 11.8. The average Bonchev–Trinajstić information content (AvgIpc) is 2.96. The van der Waals surface area contributed by atoms with Crippen molar-refractivity contribution in [2.24, 2.45) is 0 Å². The van der Waals surface area contributed by atoms with Gasteiger partial charge in [-0.1, -0.05) is 6.07 Å². The first-order valence-electron chi connectivity index (χ1n) is 7.14. The molecule has 2 fully saturated rings. The van der Waals surface area contributed by atoms with Crippen molar-refractivity contribution >= 4 is 11.8 Å². The summed E-state index contributed by atoms with van der Waals surface area (Å²) in [6.07, 6.45) is 5.18. The van der Waals surface area contributed by atoms with Crippen molar-refractivity contribution in [3.8, 4) is 0 Å². The highest BCUT2D eigenvalue weighted by Crippen LogP contribution is 2.32. The van der Waals surface area contributed by atoms with E-state index in [1.807, 2.05) is 26.0 Å². The molecule has 2 aliphatic heterocycles. The van der Waals surface area contributed by atoms with Crippen molar-refractivity contribution in [2.75, 3.05) is 6.54 Å². The first kappa shape index (κ1) is 13.1. The fourth-order valence-corrected chi connectivity index (χ4v) is 3.32. The van der Waals surface area contributed by atoms with E-state index in [0.29, 0.717) is 6.54 Å². The van der Waals surface area contributed by atoms with Gasteiger partial charge in [-0.15, -0.1) is 0 Å². The van der Waals surface area contributed by atoms with Crippen molar-refractivity contribution in [1.29, 1.82) is 0 Å². The fourth-order valence-electron chi connectivity index (χ4n) is 3.32. The number of pyridine rings is 1. The largest absolute Gasteiger partial charge is 0.329 e. The molecule has 106 valence electrons. The van der Waals surface area contributed by atoms with E-state index >= 15 is 0 Å². The summed E-state index contributed by atoms with van der Waals surface area (Å²) in [7, 11) is 0. The van der Waals surface area contributed by atoms with Gasteiger partial charge in [0.05, 0.1) is 6.04 Å². The minimum atomic E-state index is -0.396. The molecule has 2 saturated heterocycles. The third kappa shape index (κ3) is 1.88. The second-order valence-electron chi connectivity index (χ2n) is 5.57. The van der Waals surface area contributed by atoms with E-state index in [0.717, 1.165) is 18.4 Å². The van der Waals surface area contributed by atoms with Gasteiger partial charge in [-0.25, -0.2) is 0 Å². The highest BCUT2D eigenvalue weighted by molar-refractivity contribution is 5.97. The smallest absolute Gasteiger partial charge is 0.246 e. The molecule has 0 N–H and O–H groups in total. The van der Waals surface area contributed by atoms with Gasteiger partial charge in [-0.2, -0.15) is 0 Å². The first-order valence-corrected chi connectivity index (χ1v) is 7.14. The number of amides is 2. The van der Waals surface area contributed by atoms with Gasteiger partial charge >= 0.3 is 0 Å². The predicted molar refractivity (Wildman–Crippen MR) is 73.7 cm³/mol. The maximum absolute atomic E-state index is 12.7. The minimum Gasteiger partial charge on any atom is -0.329 e. The number of carbonyl (C=O) groups excluding carboxylic acids is 2. The Bertz CT molecular complexity index is 531. The molecule has 1 aromatic heterocycles. The van der Waals surface area contributed by atoms with E-state index in [-0.39, 0.29) is 23.9 Å². The van der Waals surface area contributed by atoms with E-state index in [9.17, 15) is 9.59 Å². The standard InChI is InChI=1S/C15H19N3O2/c1-10(12-5-3-7-16-9-12)18-11(2)14(19)17-8-4-6-13(17)15(18)20/h3,5,7,9-11,13H,4,6,8H2,1-2H3. The van der Waals surface area contributed by atoms with Gasteiger partial charge in [-0.05, 0) is 38.3 Å². The minimum absolute atomic E-state index is 0.0721. The maximum atomic E-state index is 12.7. The van der Waals surface area contributed by atoms with Crippen LogP contribution in [0.4, 0.5) is 0 Å². The monoisotopic (exact) mass is 273 g/mol. The predicted octanol–water partition coefficient (Wildman–Crippen LogP) is 1.36. The molecule has 0 aliphatic carbocycles. The van der Waals surface area contributed by atoms with Crippen LogP contribution in [0.3, 0.4) is 0 Å². The molecule has 3 heterocycles. The Labute approximate surface area is 118 Å². The van der Waals surface area contributed by atoms with Gasteiger partial charge < -0.3 is 9.80 Å². The lowest BCUT2D eigenvalue weighted by atomic mass is 10.0. The van der Waals surface area contributed by atoms with E-state index in [1.165, 1.54) is 0 Å². The molecule has 3 rings (SSSR count). The van der Waals surface area contributed by atoms with E-state index in [2.05, 4.69) is 4.98 Å². The van der Waals surface area contributed by atoms with Crippen LogP contribution in [-0.2, 0) is 9.59 Å². The SMILES string of the molecule is CC1C(=O)N2CCCC2C(=O)N1C(C)c1cccnc1. The molecule has 3 atom stereocenters. The van der Waals surface area contributed by atoms with Gasteiger partial charge in [0.25, 0.3) is 0 Å².